The van der Waals surface area contributed by atoms with E-state index >= 15 is 0 Å². The van der Waals surface area contributed by atoms with Crippen LogP contribution in [0.5, 0.6) is 5.75 Å². The summed E-state index contributed by atoms with van der Waals surface area (Å²) in [6.45, 7) is 5.96. The molecule has 1 amide bonds. The lowest BCUT2D eigenvalue weighted by Gasteiger charge is -2.09. The summed E-state index contributed by atoms with van der Waals surface area (Å²) in [6, 6.07) is 5.19. The number of carbonyl (C=O) groups is 1. The highest BCUT2D eigenvalue weighted by atomic mass is 32.1. The highest BCUT2D eigenvalue weighted by molar-refractivity contribution is 7.13. The number of benzene rings is 1. The zero-order chi connectivity index (χ0) is 17.0. The quantitative estimate of drug-likeness (QED) is 0.849. The van der Waals surface area contributed by atoms with Gasteiger partial charge in [0.1, 0.15) is 10.6 Å². The first-order chi connectivity index (χ1) is 10.9. The van der Waals surface area contributed by atoms with E-state index in [-0.39, 0.29) is 12.5 Å². The smallest absolute Gasteiger partial charge is 0.267 e. The first-order valence-corrected chi connectivity index (χ1v) is 8.31. The van der Waals surface area contributed by atoms with Gasteiger partial charge in [-0.3, -0.25) is 4.79 Å². The number of ether oxygens (including phenoxy) is 1. The van der Waals surface area contributed by atoms with Crippen molar-refractivity contribution in [1.29, 1.82) is 0 Å². The number of aromatic nitrogens is 1. The number of thiazole rings is 1. The molecule has 2 N–H and O–H groups in total. The number of hydrogen-bond acceptors (Lipinski definition) is 5. The largest absolute Gasteiger partial charge is 0.496 e. The molecule has 1 aromatic heterocycles. The lowest BCUT2D eigenvalue weighted by molar-refractivity contribution is 0.102. The molecule has 0 spiro atoms. The van der Waals surface area contributed by atoms with Crippen molar-refractivity contribution >= 4 is 22.9 Å². The van der Waals surface area contributed by atoms with Crippen LogP contribution < -0.4 is 10.1 Å². The molecular weight excluding hydrogens is 312 g/mol. The van der Waals surface area contributed by atoms with Crippen LogP contribution in [0.15, 0.2) is 18.2 Å². The second-order valence-corrected chi connectivity index (χ2v) is 6.84. The molecule has 2 rings (SSSR count). The van der Waals surface area contributed by atoms with Crippen LogP contribution in [0, 0.1) is 12.8 Å². The molecule has 23 heavy (non-hydrogen) atoms. The molecule has 0 radical (unpaired) electrons. The van der Waals surface area contributed by atoms with Crippen LogP contribution in [-0.2, 0) is 13.0 Å². The Balaban J connectivity index is 2.17. The molecule has 0 aliphatic heterocycles. The Labute approximate surface area is 140 Å². The maximum Gasteiger partial charge on any atom is 0.267 e. The number of rotatable bonds is 6. The minimum absolute atomic E-state index is 0.148. The molecule has 6 heteroatoms. The summed E-state index contributed by atoms with van der Waals surface area (Å²) < 4.78 is 5.16. The standard InChI is InChI=1S/C17H22N2O3S/c1-10(2)7-15-18-11(3)16(23-15)17(21)19-13-5-6-14(22-4)12(8-13)9-20/h5-6,8,10,20H,7,9H2,1-4H3,(H,19,21). The van der Waals surface area contributed by atoms with Crippen LogP contribution in [-0.4, -0.2) is 23.1 Å². The van der Waals surface area contributed by atoms with Gasteiger partial charge in [0.25, 0.3) is 5.91 Å². The van der Waals surface area contributed by atoms with E-state index in [1.54, 1.807) is 25.3 Å². The summed E-state index contributed by atoms with van der Waals surface area (Å²) in [4.78, 5) is 17.6. The van der Waals surface area contributed by atoms with Gasteiger partial charge >= 0.3 is 0 Å². The summed E-state index contributed by atoms with van der Waals surface area (Å²) in [5.74, 6) is 0.924. The third kappa shape index (κ3) is 4.30. The monoisotopic (exact) mass is 334 g/mol. The second-order valence-electron chi connectivity index (χ2n) is 5.76. The number of amides is 1. The molecule has 0 aliphatic rings. The molecule has 2 aromatic rings. The number of methoxy groups -OCH3 is 1. The van der Waals surface area contributed by atoms with Crippen LogP contribution in [0.4, 0.5) is 5.69 Å². The number of hydrogen-bond donors (Lipinski definition) is 2. The van der Waals surface area contributed by atoms with Gasteiger partial charge in [-0.25, -0.2) is 4.98 Å². The van der Waals surface area contributed by atoms with Crippen molar-refractivity contribution in [1.82, 2.24) is 4.98 Å². The Morgan fingerprint density at radius 2 is 2.17 bits per heavy atom. The number of aliphatic hydroxyl groups excluding tert-OH is 1. The van der Waals surface area contributed by atoms with Crippen LogP contribution in [0.25, 0.3) is 0 Å². The molecule has 5 nitrogen and oxygen atoms in total. The van der Waals surface area contributed by atoms with E-state index in [1.807, 2.05) is 6.92 Å². The lowest BCUT2D eigenvalue weighted by Crippen LogP contribution is -2.11. The van der Waals surface area contributed by atoms with Gasteiger partial charge in [0, 0.05) is 17.7 Å². The van der Waals surface area contributed by atoms with Crippen LogP contribution in [0.1, 0.15) is 39.8 Å². The molecule has 1 aromatic carbocycles. The number of aryl methyl sites for hydroxylation is 1. The van der Waals surface area contributed by atoms with Gasteiger partial charge in [-0.15, -0.1) is 11.3 Å². The normalized spacial score (nSPS) is 10.9. The molecular formula is C17H22N2O3S. The Kier molecular flexibility index (Phi) is 5.74. The number of nitrogens with zero attached hydrogens (tertiary/aromatic N) is 1. The molecule has 0 saturated heterocycles. The van der Waals surface area contributed by atoms with Crippen molar-refractivity contribution in [2.24, 2.45) is 5.92 Å². The van der Waals surface area contributed by atoms with Crippen molar-refractivity contribution in [3.8, 4) is 5.75 Å². The summed E-state index contributed by atoms with van der Waals surface area (Å²) in [5.41, 5.74) is 2.00. The summed E-state index contributed by atoms with van der Waals surface area (Å²) >= 11 is 1.44. The van der Waals surface area contributed by atoms with Crippen molar-refractivity contribution in [2.75, 3.05) is 12.4 Å². The first-order valence-electron chi connectivity index (χ1n) is 7.50. The Morgan fingerprint density at radius 1 is 1.43 bits per heavy atom. The molecule has 0 saturated carbocycles. The third-order valence-corrected chi connectivity index (χ3v) is 4.52. The number of aliphatic hydroxyl groups is 1. The molecule has 0 atom stereocenters. The van der Waals surface area contributed by atoms with Crippen molar-refractivity contribution in [3.05, 3.63) is 39.3 Å². The van der Waals surface area contributed by atoms with E-state index in [4.69, 9.17) is 4.74 Å². The van der Waals surface area contributed by atoms with Gasteiger partial charge in [-0.2, -0.15) is 0 Å². The average Bonchev–Trinajstić information content (AvgIpc) is 2.86. The highest BCUT2D eigenvalue weighted by Gasteiger charge is 2.16. The second kappa shape index (κ2) is 7.57. The SMILES string of the molecule is COc1ccc(NC(=O)c2sc(CC(C)C)nc2C)cc1CO. The maximum absolute atomic E-state index is 12.5. The Hall–Kier alpha value is -1.92. The predicted molar refractivity (Wildman–Crippen MR) is 92.3 cm³/mol. The van der Waals surface area contributed by atoms with Gasteiger partial charge < -0.3 is 15.2 Å². The van der Waals surface area contributed by atoms with Crippen molar-refractivity contribution in [2.45, 2.75) is 33.8 Å². The maximum atomic E-state index is 12.5. The van der Waals surface area contributed by atoms with Crippen molar-refractivity contribution < 1.29 is 14.6 Å². The summed E-state index contributed by atoms with van der Waals surface area (Å²) in [7, 11) is 1.55. The van der Waals surface area contributed by atoms with Crippen LogP contribution >= 0.6 is 11.3 Å². The Bertz CT molecular complexity index is 695. The molecule has 0 fully saturated rings. The minimum atomic E-state index is -0.177. The average molecular weight is 334 g/mol. The molecule has 0 aliphatic carbocycles. The highest BCUT2D eigenvalue weighted by Crippen LogP contribution is 2.25. The van der Waals surface area contributed by atoms with Crippen molar-refractivity contribution in [3.63, 3.8) is 0 Å². The zero-order valence-corrected chi connectivity index (χ0v) is 14.7. The predicted octanol–water partition coefficient (Wildman–Crippen LogP) is 3.40. The minimum Gasteiger partial charge on any atom is -0.496 e. The van der Waals surface area contributed by atoms with E-state index < -0.39 is 0 Å². The van der Waals surface area contributed by atoms with Gasteiger partial charge in [-0.05, 0) is 31.0 Å². The zero-order valence-electron chi connectivity index (χ0n) is 13.8. The lowest BCUT2D eigenvalue weighted by atomic mass is 10.1. The van der Waals surface area contributed by atoms with Gasteiger partial charge in [0.2, 0.25) is 0 Å². The molecule has 0 bridgehead atoms. The fourth-order valence-electron chi connectivity index (χ4n) is 2.27. The van der Waals surface area contributed by atoms with E-state index in [9.17, 15) is 9.90 Å². The fraction of sp³-hybridized carbons (Fsp3) is 0.412. The Morgan fingerprint density at radius 3 is 2.78 bits per heavy atom. The van der Waals surface area contributed by atoms with E-state index in [1.165, 1.54) is 11.3 Å². The van der Waals surface area contributed by atoms with Crippen LogP contribution in [0.3, 0.4) is 0 Å². The van der Waals surface area contributed by atoms with Crippen LogP contribution in [0.2, 0.25) is 0 Å². The van der Waals surface area contributed by atoms with Gasteiger partial charge in [0.15, 0.2) is 0 Å². The van der Waals surface area contributed by atoms with Gasteiger partial charge in [0.05, 0.1) is 24.4 Å². The number of carbonyl (C=O) groups excluding carboxylic acids is 1. The topological polar surface area (TPSA) is 71.5 Å². The summed E-state index contributed by atoms with van der Waals surface area (Å²) in [5, 5.41) is 13.2. The summed E-state index contributed by atoms with van der Waals surface area (Å²) in [6.07, 6.45) is 0.871. The molecule has 1 heterocycles. The van der Waals surface area contributed by atoms with E-state index in [0.29, 0.717) is 27.8 Å². The van der Waals surface area contributed by atoms with E-state index in [0.717, 1.165) is 17.1 Å². The third-order valence-electron chi connectivity index (χ3n) is 3.34. The van der Waals surface area contributed by atoms with E-state index in [2.05, 4.69) is 24.1 Å². The van der Waals surface area contributed by atoms with Gasteiger partial charge in [-0.1, -0.05) is 13.8 Å². The molecule has 124 valence electrons. The number of nitrogens with one attached hydrogen (secondary N) is 1. The number of anilines is 1. The fourth-order valence-corrected chi connectivity index (χ4v) is 3.44. The first kappa shape index (κ1) is 17.4. The molecule has 0 unspecified atom stereocenters.